The molecule has 0 fully saturated rings. The van der Waals surface area contributed by atoms with E-state index in [4.69, 9.17) is 0 Å². The van der Waals surface area contributed by atoms with Crippen molar-refractivity contribution in [3.8, 4) is 0 Å². The Balaban J connectivity index is 2.06. The van der Waals surface area contributed by atoms with Gasteiger partial charge in [0, 0.05) is 12.7 Å². The molecule has 5 heteroatoms. The highest BCUT2D eigenvalue weighted by atomic mass is 16.2. The molecule has 0 radical (unpaired) electrons. The third-order valence-corrected chi connectivity index (χ3v) is 2.28. The van der Waals surface area contributed by atoms with Crippen LogP contribution in [0.25, 0.3) is 0 Å². The molecule has 1 aromatic heterocycles. The lowest BCUT2D eigenvalue weighted by Crippen LogP contribution is -2.31. The molecule has 1 heterocycles. The summed E-state index contributed by atoms with van der Waals surface area (Å²) in [6, 6.07) is 10.9. The molecule has 2 aromatic rings. The zero-order chi connectivity index (χ0) is 12.1. The molecule has 0 aliphatic heterocycles. The minimum atomic E-state index is -0.218. The average molecular weight is 228 g/mol. The van der Waals surface area contributed by atoms with Crippen molar-refractivity contribution in [1.29, 1.82) is 0 Å². The molecule has 0 saturated heterocycles. The summed E-state index contributed by atoms with van der Waals surface area (Å²) in [5, 5.41) is 10.1. The quantitative estimate of drug-likeness (QED) is 0.856. The Bertz CT molecular complexity index is 486. The van der Waals surface area contributed by atoms with Crippen LogP contribution in [0.1, 0.15) is 0 Å². The van der Waals surface area contributed by atoms with Crippen LogP contribution in [-0.2, 0) is 0 Å². The summed E-state index contributed by atoms with van der Waals surface area (Å²) in [5.74, 6) is 0. The van der Waals surface area contributed by atoms with Gasteiger partial charge in [0.25, 0.3) is 0 Å². The fraction of sp³-hybridized carbons (Fsp3) is 0.0833. The zero-order valence-electron chi connectivity index (χ0n) is 9.37. The van der Waals surface area contributed by atoms with E-state index in [1.807, 2.05) is 30.3 Å². The molecule has 0 aliphatic carbocycles. The second-order valence-corrected chi connectivity index (χ2v) is 3.46. The normalized spacial score (nSPS) is 9.71. The summed E-state index contributed by atoms with van der Waals surface area (Å²) in [6.07, 6.45) is 3.02. The number of carbonyl (C=O) groups excluding carboxylic acids is 1. The van der Waals surface area contributed by atoms with Crippen LogP contribution in [0.3, 0.4) is 0 Å². The number of nitrogens with one attached hydrogen (secondary N) is 1. The molecular weight excluding hydrogens is 216 g/mol. The van der Waals surface area contributed by atoms with Crippen molar-refractivity contribution in [3.05, 3.63) is 48.8 Å². The summed E-state index contributed by atoms with van der Waals surface area (Å²) in [4.78, 5) is 13.4. The number of carbonyl (C=O) groups is 1. The second-order valence-electron chi connectivity index (χ2n) is 3.46. The third-order valence-electron chi connectivity index (χ3n) is 2.28. The molecule has 0 saturated carbocycles. The van der Waals surface area contributed by atoms with E-state index < -0.39 is 0 Å². The number of rotatable bonds is 2. The molecule has 0 bridgehead atoms. The van der Waals surface area contributed by atoms with Gasteiger partial charge < -0.3 is 5.32 Å². The van der Waals surface area contributed by atoms with Crippen molar-refractivity contribution in [2.45, 2.75) is 0 Å². The Morgan fingerprint density at radius 3 is 2.59 bits per heavy atom. The van der Waals surface area contributed by atoms with Gasteiger partial charge in [-0.1, -0.05) is 18.2 Å². The summed E-state index contributed by atoms with van der Waals surface area (Å²) in [5.41, 5.74) is 1.44. The van der Waals surface area contributed by atoms with E-state index in [-0.39, 0.29) is 6.03 Å². The molecule has 2 rings (SSSR count). The van der Waals surface area contributed by atoms with Gasteiger partial charge in [0.2, 0.25) is 0 Å². The predicted octanol–water partition coefficient (Wildman–Crippen LogP) is 2.14. The maximum Gasteiger partial charge on any atom is 0.326 e. The van der Waals surface area contributed by atoms with Crippen LogP contribution in [0.4, 0.5) is 16.2 Å². The smallest absolute Gasteiger partial charge is 0.306 e. The summed E-state index contributed by atoms with van der Waals surface area (Å²) < 4.78 is 0. The lowest BCUT2D eigenvalue weighted by Gasteiger charge is -2.17. The molecule has 0 aliphatic rings. The molecule has 17 heavy (non-hydrogen) atoms. The van der Waals surface area contributed by atoms with Gasteiger partial charge in [-0.25, -0.2) is 4.79 Å². The van der Waals surface area contributed by atoms with Gasteiger partial charge in [0.15, 0.2) is 0 Å². The van der Waals surface area contributed by atoms with E-state index in [2.05, 4.69) is 15.5 Å². The Hall–Kier alpha value is -2.43. The first-order chi connectivity index (χ1) is 8.27. The van der Waals surface area contributed by atoms with Gasteiger partial charge in [0.05, 0.1) is 18.1 Å². The highest BCUT2D eigenvalue weighted by Gasteiger charge is 2.10. The van der Waals surface area contributed by atoms with Crippen LogP contribution < -0.4 is 10.2 Å². The third kappa shape index (κ3) is 2.78. The second kappa shape index (κ2) is 5.07. The first-order valence-corrected chi connectivity index (χ1v) is 5.14. The Morgan fingerprint density at radius 1 is 1.18 bits per heavy atom. The lowest BCUT2D eigenvalue weighted by atomic mass is 10.3. The van der Waals surface area contributed by atoms with Crippen molar-refractivity contribution in [3.63, 3.8) is 0 Å². The van der Waals surface area contributed by atoms with Crippen LogP contribution in [0, 0.1) is 0 Å². The van der Waals surface area contributed by atoms with Gasteiger partial charge in [-0.3, -0.25) is 4.90 Å². The first-order valence-electron chi connectivity index (χ1n) is 5.14. The number of nitrogens with zero attached hydrogens (tertiary/aromatic N) is 3. The lowest BCUT2D eigenvalue weighted by molar-refractivity contribution is 0.258. The summed E-state index contributed by atoms with van der Waals surface area (Å²) in [7, 11) is 1.71. The van der Waals surface area contributed by atoms with Gasteiger partial charge in [0.1, 0.15) is 0 Å². The monoisotopic (exact) mass is 228 g/mol. The van der Waals surface area contributed by atoms with Crippen molar-refractivity contribution in [1.82, 2.24) is 10.2 Å². The highest BCUT2D eigenvalue weighted by molar-refractivity contribution is 6.01. The Morgan fingerprint density at radius 2 is 1.94 bits per heavy atom. The van der Waals surface area contributed by atoms with Crippen LogP contribution in [0.2, 0.25) is 0 Å². The van der Waals surface area contributed by atoms with Crippen LogP contribution >= 0.6 is 0 Å². The Labute approximate surface area is 99.1 Å². The molecule has 1 aromatic carbocycles. The molecular formula is C12H12N4O. The van der Waals surface area contributed by atoms with Gasteiger partial charge in [-0.05, 0) is 18.2 Å². The minimum absolute atomic E-state index is 0.218. The first kappa shape index (κ1) is 11.1. The number of anilines is 2. The number of amides is 2. The summed E-state index contributed by atoms with van der Waals surface area (Å²) in [6.45, 7) is 0. The van der Waals surface area contributed by atoms with E-state index in [1.54, 1.807) is 13.1 Å². The number of benzene rings is 1. The average Bonchev–Trinajstić information content (AvgIpc) is 2.40. The maximum atomic E-state index is 11.9. The molecule has 0 atom stereocenters. The summed E-state index contributed by atoms with van der Waals surface area (Å²) >= 11 is 0. The molecule has 1 N–H and O–H groups in total. The minimum Gasteiger partial charge on any atom is -0.306 e. The number of hydrogen-bond acceptors (Lipinski definition) is 3. The van der Waals surface area contributed by atoms with Crippen LogP contribution in [-0.4, -0.2) is 23.3 Å². The predicted molar refractivity (Wildman–Crippen MR) is 65.9 cm³/mol. The molecule has 86 valence electrons. The topological polar surface area (TPSA) is 58.1 Å². The van der Waals surface area contributed by atoms with E-state index in [9.17, 15) is 4.79 Å². The molecule has 5 nitrogen and oxygen atoms in total. The zero-order valence-corrected chi connectivity index (χ0v) is 9.37. The number of para-hydroxylation sites is 1. The van der Waals surface area contributed by atoms with E-state index in [1.165, 1.54) is 17.3 Å². The Kier molecular flexibility index (Phi) is 3.30. The molecule has 2 amide bonds. The van der Waals surface area contributed by atoms with Crippen LogP contribution in [0.15, 0.2) is 48.8 Å². The van der Waals surface area contributed by atoms with Crippen molar-refractivity contribution in [2.75, 3.05) is 17.3 Å². The fourth-order valence-corrected chi connectivity index (χ4v) is 1.34. The molecule has 0 unspecified atom stereocenters. The largest absolute Gasteiger partial charge is 0.326 e. The number of hydrogen-bond donors (Lipinski definition) is 1. The number of urea groups is 1. The van der Waals surface area contributed by atoms with Crippen molar-refractivity contribution in [2.24, 2.45) is 0 Å². The van der Waals surface area contributed by atoms with Gasteiger partial charge in [-0.15, -0.1) is 0 Å². The van der Waals surface area contributed by atoms with Crippen LogP contribution in [0.5, 0.6) is 0 Å². The van der Waals surface area contributed by atoms with E-state index in [0.717, 1.165) is 5.69 Å². The van der Waals surface area contributed by atoms with Gasteiger partial charge in [-0.2, -0.15) is 10.2 Å². The van der Waals surface area contributed by atoms with Crippen molar-refractivity contribution >= 4 is 17.4 Å². The fourth-order valence-electron chi connectivity index (χ4n) is 1.34. The SMILES string of the molecule is CN(C(=O)Nc1ccnnc1)c1ccccc1. The molecule has 0 spiro atoms. The van der Waals surface area contributed by atoms with E-state index >= 15 is 0 Å². The van der Waals surface area contributed by atoms with Crippen molar-refractivity contribution < 1.29 is 4.79 Å². The number of aromatic nitrogens is 2. The van der Waals surface area contributed by atoms with E-state index in [0.29, 0.717) is 5.69 Å². The maximum absolute atomic E-state index is 11.9. The van der Waals surface area contributed by atoms with Gasteiger partial charge >= 0.3 is 6.03 Å². The standard InChI is InChI=1S/C12H12N4O/c1-16(11-5-3-2-4-6-11)12(17)15-10-7-8-13-14-9-10/h2-9H,1H3,(H,13,15,17). The highest BCUT2D eigenvalue weighted by Crippen LogP contribution is 2.12.